The Morgan fingerprint density at radius 1 is 1.17 bits per heavy atom. The first-order valence-electron chi connectivity index (χ1n) is 6.24. The number of nitrogens with one attached hydrogen (secondary N) is 1. The Labute approximate surface area is 113 Å². The number of nitrogens with zero attached hydrogens (tertiary/aromatic N) is 1. The van der Waals surface area contributed by atoms with E-state index in [4.69, 9.17) is 0 Å². The number of aromatic nitrogens is 1. The minimum atomic E-state index is 0.363. The van der Waals surface area contributed by atoms with Crippen molar-refractivity contribution in [1.82, 2.24) is 10.3 Å². The summed E-state index contributed by atoms with van der Waals surface area (Å²) in [5.74, 6) is 0. The third kappa shape index (κ3) is 2.47. The standard InChI is InChI=1S/C15H20N2S/c1-9-6-10(2)14(11(3)7-9)15-17-8-13(18-15)12(4)16-5/h6-8,12,16H,1-5H3. The molecule has 0 amide bonds. The molecule has 3 heteroatoms. The lowest BCUT2D eigenvalue weighted by Crippen LogP contribution is -2.10. The zero-order valence-corrected chi connectivity index (χ0v) is 12.5. The fourth-order valence-electron chi connectivity index (χ4n) is 2.26. The second-order valence-corrected chi connectivity index (χ2v) is 5.91. The van der Waals surface area contributed by atoms with Crippen molar-refractivity contribution in [1.29, 1.82) is 0 Å². The zero-order valence-electron chi connectivity index (χ0n) is 11.7. The van der Waals surface area contributed by atoms with E-state index in [0.29, 0.717) is 6.04 Å². The maximum atomic E-state index is 4.59. The molecular weight excluding hydrogens is 240 g/mol. The summed E-state index contributed by atoms with van der Waals surface area (Å²) in [6, 6.07) is 4.82. The van der Waals surface area contributed by atoms with Gasteiger partial charge in [0.25, 0.3) is 0 Å². The molecule has 1 heterocycles. The summed E-state index contributed by atoms with van der Waals surface area (Å²) in [6.45, 7) is 8.63. The Morgan fingerprint density at radius 3 is 2.33 bits per heavy atom. The van der Waals surface area contributed by atoms with Crippen molar-refractivity contribution >= 4 is 11.3 Å². The predicted molar refractivity (Wildman–Crippen MR) is 79.2 cm³/mol. The molecule has 18 heavy (non-hydrogen) atoms. The van der Waals surface area contributed by atoms with Gasteiger partial charge in [-0.05, 0) is 45.9 Å². The van der Waals surface area contributed by atoms with E-state index < -0.39 is 0 Å². The van der Waals surface area contributed by atoms with Crippen LogP contribution in [-0.4, -0.2) is 12.0 Å². The highest BCUT2D eigenvalue weighted by Gasteiger charge is 2.13. The first-order chi connectivity index (χ1) is 8.52. The topological polar surface area (TPSA) is 24.9 Å². The maximum Gasteiger partial charge on any atom is 0.124 e. The average Bonchev–Trinajstić information content (AvgIpc) is 2.76. The molecule has 0 aliphatic carbocycles. The number of benzene rings is 1. The highest BCUT2D eigenvalue weighted by Crippen LogP contribution is 2.33. The zero-order chi connectivity index (χ0) is 13.3. The van der Waals surface area contributed by atoms with Crippen LogP contribution in [0.1, 0.15) is 34.5 Å². The summed E-state index contributed by atoms with van der Waals surface area (Å²) in [7, 11) is 1.98. The van der Waals surface area contributed by atoms with Gasteiger partial charge in [-0.1, -0.05) is 17.7 Å². The van der Waals surface area contributed by atoms with E-state index in [-0.39, 0.29) is 0 Å². The quantitative estimate of drug-likeness (QED) is 0.901. The smallest absolute Gasteiger partial charge is 0.124 e. The minimum absolute atomic E-state index is 0.363. The summed E-state index contributed by atoms with van der Waals surface area (Å²) in [4.78, 5) is 5.87. The van der Waals surface area contributed by atoms with E-state index in [1.54, 1.807) is 11.3 Å². The van der Waals surface area contributed by atoms with Crippen LogP contribution < -0.4 is 5.32 Å². The predicted octanol–water partition coefficient (Wildman–Crippen LogP) is 4.02. The molecule has 1 aromatic carbocycles. The van der Waals surface area contributed by atoms with Gasteiger partial charge in [0.05, 0.1) is 0 Å². The molecule has 0 saturated heterocycles. The Morgan fingerprint density at radius 2 is 1.78 bits per heavy atom. The third-order valence-electron chi connectivity index (χ3n) is 3.27. The molecule has 1 aromatic heterocycles. The number of aryl methyl sites for hydroxylation is 3. The van der Waals surface area contributed by atoms with Crippen molar-refractivity contribution in [2.24, 2.45) is 0 Å². The number of thiazole rings is 1. The normalized spacial score (nSPS) is 12.7. The first-order valence-corrected chi connectivity index (χ1v) is 7.05. The maximum absolute atomic E-state index is 4.59. The van der Waals surface area contributed by atoms with Crippen LogP contribution in [0, 0.1) is 20.8 Å². The van der Waals surface area contributed by atoms with Crippen LogP contribution in [0.5, 0.6) is 0 Å². The highest BCUT2D eigenvalue weighted by molar-refractivity contribution is 7.15. The Hall–Kier alpha value is -1.19. The molecule has 0 radical (unpaired) electrons. The summed E-state index contributed by atoms with van der Waals surface area (Å²) >= 11 is 1.78. The number of hydrogen-bond acceptors (Lipinski definition) is 3. The lowest BCUT2D eigenvalue weighted by Gasteiger charge is -2.09. The van der Waals surface area contributed by atoms with Crippen LogP contribution in [0.2, 0.25) is 0 Å². The van der Waals surface area contributed by atoms with Gasteiger partial charge in [-0.3, -0.25) is 0 Å². The summed E-state index contributed by atoms with van der Waals surface area (Å²) in [6.07, 6.45) is 1.99. The van der Waals surface area contributed by atoms with Gasteiger partial charge in [0.1, 0.15) is 5.01 Å². The largest absolute Gasteiger partial charge is 0.312 e. The van der Waals surface area contributed by atoms with Crippen LogP contribution >= 0.6 is 11.3 Å². The molecule has 1 unspecified atom stereocenters. The van der Waals surface area contributed by atoms with Gasteiger partial charge in [0.15, 0.2) is 0 Å². The van der Waals surface area contributed by atoms with Crippen LogP contribution in [0.15, 0.2) is 18.3 Å². The van der Waals surface area contributed by atoms with Crippen molar-refractivity contribution in [3.05, 3.63) is 39.9 Å². The minimum Gasteiger partial charge on any atom is -0.312 e. The Bertz CT molecular complexity index is 534. The van der Waals surface area contributed by atoms with Crippen molar-refractivity contribution in [2.45, 2.75) is 33.7 Å². The van der Waals surface area contributed by atoms with Gasteiger partial charge >= 0.3 is 0 Å². The molecule has 0 aliphatic rings. The van der Waals surface area contributed by atoms with Crippen LogP contribution in [0.25, 0.3) is 10.6 Å². The van der Waals surface area contributed by atoms with Crippen LogP contribution in [0.4, 0.5) is 0 Å². The molecule has 0 spiro atoms. The molecule has 0 aliphatic heterocycles. The van der Waals surface area contributed by atoms with E-state index in [9.17, 15) is 0 Å². The van der Waals surface area contributed by atoms with E-state index in [1.165, 1.54) is 27.1 Å². The average molecular weight is 260 g/mol. The molecule has 2 rings (SSSR count). The monoisotopic (exact) mass is 260 g/mol. The second-order valence-electron chi connectivity index (χ2n) is 4.85. The molecule has 0 saturated carbocycles. The fourth-order valence-corrected chi connectivity index (χ4v) is 3.41. The molecule has 0 fully saturated rings. The van der Waals surface area contributed by atoms with E-state index in [1.807, 2.05) is 13.2 Å². The van der Waals surface area contributed by atoms with E-state index in [0.717, 1.165) is 5.01 Å². The Kier molecular flexibility index (Phi) is 3.83. The van der Waals surface area contributed by atoms with Crippen molar-refractivity contribution in [3.63, 3.8) is 0 Å². The van der Waals surface area contributed by atoms with Gasteiger partial charge in [-0.15, -0.1) is 11.3 Å². The Balaban J connectivity index is 2.46. The SMILES string of the molecule is CNC(C)c1cnc(-c2c(C)cc(C)cc2C)s1. The van der Waals surface area contributed by atoms with Crippen LogP contribution in [-0.2, 0) is 0 Å². The number of rotatable bonds is 3. The molecule has 0 bridgehead atoms. The summed E-state index contributed by atoms with van der Waals surface area (Å²) in [5, 5.41) is 4.38. The molecule has 2 aromatic rings. The fraction of sp³-hybridized carbons (Fsp3) is 0.400. The summed E-state index contributed by atoms with van der Waals surface area (Å²) < 4.78 is 0. The molecule has 1 N–H and O–H groups in total. The van der Waals surface area contributed by atoms with Crippen molar-refractivity contribution < 1.29 is 0 Å². The number of hydrogen-bond donors (Lipinski definition) is 1. The molecular formula is C15H20N2S. The molecule has 2 nitrogen and oxygen atoms in total. The van der Waals surface area contributed by atoms with Gasteiger partial charge in [0, 0.05) is 22.7 Å². The van der Waals surface area contributed by atoms with Crippen molar-refractivity contribution in [3.8, 4) is 10.6 Å². The van der Waals surface area contributed by atoms with Gasteiger partial charge < -0.3 is 5.32 Å². The first kappa shape index (κ1) is 13.2. The van der Waals surface area contributed by atoms with E-state index in [2.05, 4.69) is 50.1 Å². The highest BCUT2D eigenvalue weighted by atomic mass is 32.1. The van der Waals surface area contributed by atoms with E-state index >= 15 is 0 Å². The lowest BCUT2D eigenvalue weighted by atomic mass is 10.0. The third-order valence-corrected chi connectivity index (χ3v) is 4.47. The summed E-state index contributed by atoms with van der Waals surface area (Å²) in [5.41, 5.74) is 5.23. The van der Waals surface area contributed by atoms with Gasteiger partial charge in [-0.25, -0.2) is 4.98 Å². The molecule has 1 atom stereocenters. The lowest BCUT2D eigenvalue weighted by molar-refractivity contribution is 0.662. The second kappa shape index (κ2) is 5.21. The van der Waals surface area contributed by atoms with Crippen molar-refractivity contribution in [2.75, 3.05) is 7.05 Å². The van der Waals surface area contributed by atoms with Crippen LogP contribution in [0.3, 0.4) is 0 Å². The molecule has 96 valence electrons. The van der Waals surface area contributed by atoms with Gasteiger partial charge in [-0.2, -0.15) is 0 Å². The van der Waals surface area contributed by atoms with Gasteiger partial charge in [0.2, 0.25) is 0 Å².